The summed E-state index contributed by atoms with van der Waals surface area (Å²) in [7, 11) is 1.89. The van der Waals surface area contributed by atoms with Crippen LogP contribution in [0.4, 0.5) is 10.1 Å². The summed E-state index contributed by atoms with van der Waals surface area (Å²) in [5.41, 5.74) is 1.75. The fraction of sp³-hybridized carbons (Fsp3) is 0.375. The van der Waals surface area contributed by atoms with Gasteiger partial charge in [0.15, 0.2) is 0 Å². The second kappa shape index (κ2) is 7.14. The maximum Gasteiger partial charge on any atom is 0.238 e. The molecule has 0 bridgehead atoms. The molecule has 0 radical (unpaired) electrons. The Labute approximate surface area is 138 Å². The number of thioether (sulfide) groups is 1. The van der Waals surface area contributed by atoms with Gasteiger partial charge in [0, 0.05) is 48.6 Å². The van der Waals surface area contributed by atoms with Gasteiger partial charge in [-0.25, -0.2) is 4.39 Å². The lowest BCUT2D eigenvalue weighted by Crippen LogP contribution is -2.41. The van der Waals surface area contributed by atoms with Gasteiger partial charge >= 0.3 is 0 Å². The molecule has 1 N–H and O–H groups in total. The molecule has 1 aromatic heterocycles. The Morgan fingerprint density at radius 3 is 2.91 bits per heavy atom. The van der Waals surface area contributed by atoms with E-state index in [0.717, 1.165) is 23.6 Å². The first kappa shape index (κ1) is 16.0. The highest BCUT2D eigenvalue weighted by Crippen LogP contribution is 2.29. The van der Waals surface area contributed by atoms with Crippen molar-refractivity contribution < 1.29 is 9.18 Å². The number of aromatic nitrogens is 2. The topological polar surface area (TPSA) is 50.2 Å². The predicted octanol–water partition coefficient (Wildman–Crippen LogP) is 2.29. The van der Waals surface area contributed by atoms with Crippen LogP contribution in [0.3, 0.4) is 0 Å². The minimum absolute atomic E-state index is 0.0857. The van der Waals surface area contributed by atoms with Gasteiger partial charge in [0.05, 0.1) is 12.7 Å². The van der Waals surface area contributed by atoms with Crippen LogP contribution in [0.1, 0.15) is 11.6 Å². The standard InChI is InChI=1S/C16H19FN4OS/c1-20-9-12(8-18-20)15-11-23-7-6-21(15)10-16(22)19-14-4-2-13(17)3-5-14/h2-5,8-9,15H,6-7,10-11H2,1H3,(H,19,22)/t15-/m0/s1. The minimum Gasteiger partial charge on any atom is -0.325 e. The van der Waals surface area contributed by atoms with E-state index in [2.05, 4.69) is 15.3 Å². The second-order valence-electron chi connectivity index (χ2n) is 5.56. The van der Waals surface area contributed by atoms with Gasteiger partial charge in [0.25, 0.3) is 0 Å². The van der Waals surface area contributed by atoms with Crippen molar-refractivity contribution in [2.24, 2.45) is 7.05 Å². The summed E-state index contributed by atoms with van der Waals surface area (Å²) in [6.45, 7) is 1.18. The normalized spacial score (nSPS) is 18.8. The molecular weight excluding hydrogens is 315 g/mol. The van der Waals surface area contributed by atoms with E-state index in [1.165, 1.54) is 12.1 Å². The van der Waals surface area contributed by atoms with Gasteiger partial charge in [-0.15, -0.1) is 0 Å². The highest BCUT2D eigenvalue weighted by Gasteiger charge is 2.26. The minimum atomic E-state index is -0.312. The molecule has 1 amide bonds. The Morgan fingerprint density at radius 2 is 2.22 bits per heavy atom. The summed E-state index contributed by atoms with van der Waals surface area (Å²) in [6, 6.07) is 6.01. The van der Waals surface area contributed by atoms with E-state index >= 15 is 0 Å². The van der Waals surface area contributed by atoms with Crippen molar-refractivity contribution in [2.75, 3.05) is 29.9 Å². The number of carbonyl (C=O) groups excluding carboxylic acids is 1. The first-order chi connectivity index (χ1) is 11.1. The number of nitrogens with zero attached hydrogens (tertiary/aromatic N) is 3. The molecule has 1 atom stereocenters. The molecule has 5 nitrogen and oxygen atoms in total. The zero-order chi connectivity index (χ0) is 16.2. The summed E-state index contributed by atoms with van der Waals surface area (Å²) in [4.78, 5) is 14.4. The summed E-state index contributed by atoms with van der Waals surface area (Å²) < 4.78 is 14.7. The van der Waals surface area contributed by atoms with E-state index in [-0.39, 0.29) is 17.8 Å². The molecule has 1 saturated heterocycles. The average molecular weight is 334 g/mol. The van der Waals surface area contributed by atoms with Crippen LogP contribution >= 0.6 is 11.8 Å². The lowest BCUT2D eigenvalue weighted by molar-refractivity contribution is -0.117. The van der Waals surface area contributed by atoms with E-state index < -0.39 is 0 Å². The number of hydrogen-bond acceptors (Lipinski definition) is 4. The van der Waals surface area contributed by atoms with Crippen LogP contribution in [0.25, 0.3) is 0 Å². The van der Waals surface area contributed by atoms with Crippen molar-refractivity contribution in [2.45, 2.75) is 6.04 Å². The lowest BCUT2D eigenvalue weighted by atomic mass is 10.1. The molecule has 1 aromatic carbocycles. The van der Waals surface area contributed by atoms with Crippen molar-refractivity contribution in [1.82, 2.24) is 14.7 Å². The molecule has 1 fully saturated rings. The van der Waals surface area contributed by atoms with Crippen molar-refractivity contribution in [1.29, 1.82) is 0 Å². The number of anilines is 1. The fourth-order valence-electron chi connectivity index (χ4n) is 2.66. The highest BCUT2D eigenvalue weighted by molar-refractivity contribution is 7.99. The van der Waals surface area contributed by atoms with Crippen LogP contribution in [0.15, 0.2) is 36.7 Å². The van der Waals surface area contributed by atoms with Crippen molar-refractivity contribution in [3.63, 3.8) is 0 Å². The third kappa shape index (κ3) is 4.11. The number of nitrogens with one attached hydrogen (secondary N) is 1. The van der Waals surface area contributed by atoms with Gasteiger partial charge in [0.1, 0.15) is 5.82 Å². The smallest absolute Gasteiger partial charge is 0.238 e. The zero-order valence-electron chi connectivity index (χ0n) is 12.9. The van der Waals surface area contributed by atoms with Crippen LogP contribution < -0.4 is 5.32 Å². The molecule has 1 aliphatic rings. The molecule has 2 heterocycles. The average Bonchev–Trinajstić information content (AvgIpc) is 2.96. The molecule has 0 unspecified atom stereocenters. The summed E-state index contributed by atoms with van der Waals surface area (Å²) in [5.74, 6) is 1.57. The third-order valence-corrected chi connectivity index (χ3v) is 4.85. The van der Waals surface area contributed by atoms with Crippen LogP contribution in [0, 0.1) is 5.82 Å². The maximum atomic E-state index is 12.9. The molecule has 7 heteroatoms. The Morgan fingerprint density at radius 1 is 1.43 bits per heavy atom. The summed E-state index contributed by atoms with van der Waals surface area (Å²) >= 11 is 1.89. The summed E-state index contributed by atoms with van der Waals surface area (Å²) in [5, 5.41) is 7.04. The van der Waals surface area contributed by atoms with Crippen LogP contribution in [0.5, 0.6) is 0 Å². The molecule has 23 heavy (non-hydrogen) atoms. The number of benzene rings is 1. The quantitative estimate of drug-likeness (QED) is 0.932. The summed E-state index contributed by atoms with van der Waals surface area (Å²) in [6.07, 6.45) is 3.86. The SMILES string of the molecule is Cn1cc([C@@H]2CSCCN2CC(=O)Nc2ccc(F)cc2)cn1. The molecule has 0 spiro atoms. The number of amides is 1. The Bertz CT molecular complexity index is 673. The molecular formula is C16H19FN4OS. The monoisotopic (exact) mass is 334 g/mol. The van der Waals surface area contributed by atoms with Crippen molar-refractivity contribution in [3.05, 3.63) is 48.0 Å². The molecule has 0 saturated carbocycles. The largest absolute Gasteiger partial charge is 0.325 e. The molecule has 1 aliphatic heterocycles. The fourth-order valence-corrected chi connectivity index (χ4v) is 3.82. The van der Waals surface area contributed by atoms with Gasteiger partial charge in [-0.2, -0.15) is 16.9 Å². The zero-order valence-corrected chi connectivity index (χ0v) is 13.7. The molecule has 0 aliphatic carbocycles. The van der Waals surface area contributed by atoms with E-state index in [1.807, 2.05) is 31.2 Å². The Kier molecular flexibility index (Phi) is 4.97. The number of aryl methyl sites for hydroxylation is 1. The highest BCUT2D eigenvalue weighted by atomic mass is 32.2. The van der Waals surface area contributed by atoms with Crippen LogP contribution in [-0.4, -0.2) is 45.2 Å². The van der Waals surface area contributed by atoms with E-state index in [0.29, 0.717) is 12.2 Å². The van der Waals surface area contributed by atoms with Crippen molar-refractivity contribution >= 4 is 23.4 Å². The molecule has 3 rings (SSSR count). The Balaban J connectivity index is 1.64. The predicted molar refractivity (Wildman–Crippen MR) is 89.9 cm³/mol. The lowest BCUT2D eigenvalue weighted by Gasteiger charge is -2.34. The number of carbonyl (C=O) groups is 1. The first-order valence-corrected chi connectivity index (χ1v) is 8.63. The Hall–Kier alpha value is -1.86. The van der Waals surface area contributed by atoms with Gasteiger partial charge in [0.2, 0.25) is 5.91 Å². The van der Waals surface area contributed by atoms with Gasteiger partial charge in [-0.05, 0) is 24.3 Å². The number of halogens is 1. The van der Waals surface area contributed by atoms with E-state index in [1.54, 1.807) is 16.8 Å². The first-order valence-electron chi connectivity index (χ1n) is 7.47. The number of hydrogen-bond donors (Lipinski definition) is 1. The molecule has 122 valence electrons. The molecule has 2 aromatic rings. The van der Waals surface area contributed by atoms with Gasteiger partial charge < -0.3 is 5.32 Å². The number of rotatable bonds is 4. The van der Waals surface area contributed by atoms with Crippen LogP contribution in [-0.2, 0) is 11.8 Å². The van der Waals surface area contributed by atoms with Gasteiger partial charge in [-0.3, -0.25) is 14.4 Å². The van der Waals surface area contributed by atoms with E-state index in [4.69, 9.17) is 0 Å². The van der Waals surface area contributed by atoms with Crippen molar-refractivity contribution in [3.8, 4) is 0 Å². The second-order valence-corrected chi connectivity index (χ2v) is 6.71. The van der Waals surface area contributed by atoms with E-state index in [9.17, 15) is 9.18 Å². The maximum absolute atomic E-state index is 12.9. The van der Waals surface area contributed by atoms with Gasteiger partial charge in [-0.1, -0.05) is 0 Å². The third-order valence-electron chi connectivity index (χ3n) is 3.82. The van der Waals surface area contributed by atoms with Crippen LogP contribution in [0.2, 0.25) is 0 Å².